The van der Waals surface area contributed by atoms with Crippen molar-refractivity contribution < 1.29 is 18.8 Å². The third-order valence-electron chi connectivity index (χ3n) is 10.0. The summed E-state index contributed by atoms with van der Waals surface area (Å²) in [5.74, 6) is -0.361. The molecule has 0 aliphatic heterocycles. The normalized spacial score (nSPS) is 19.5. The first-order valence-corrected chi connectivity index (χ1v) is 16.5. The zero-order valence-electron chi connectivity index (χ0n) is 26.6. The Morgan fingerprint density at radius 1 is 1.12 bits per heavy atom. The van der Waals surface area contributed by atoms with Gasteiger partial charge in [0.2, 0.25) is 5.78 Å². The van der Waals surface area contributed by atoms with Crippen molar-refractivity contribution in [3.8, 4) is 22.5 Å². The molecule has 0 amide bonds. The number of aliphatic hydroxyl groups is 1. The second-order valence-corrected chi connectivity index (χ2v) is 13.0. The van der Waals surface area contributed by atoms with Gasteiger partial charge in [0.25, 0.3) is 5.56 Å². The summed E-state index contributed by atoms with van der Waals surface area (Å²) in [7, 11) is 0. The Kier molecular flexibility index (Phi) is 10.7. The molecule has 1 atom stereocenters. The van der Waals surface area contributed by atoms with Crippen molar-refractivity contribution in [2.45, 2.75) is 102 Å². The molecular weight excluding hydrogens is 643 g/mol. The molecule has 3 heterocycles. The van der Waals surface area contributed by atoms with Gasteiger partial charge in [0.05, 0.1) is 23.5 Å². The van der Waals surface area contributed by atoms with Gasteiger partial charge in [-0.1, -0.05) is 54.9 Å². The van der Waals surface area contributed by atoms with Crippen LogP contribution in [0.15, 0.2) is 62.9 Å². The number of H-pyrrole nitrogens is 1. The molecule has 2 aliphatic rings. The quantitative estimate of drug-likeness (QED) is 0.202. The molecule has 0 radical (unpaired) electrons. The van der Waals surface area contributed by atoms with Crippen LogP contribution in [-0.2, 0) is 17.6 Å². The van der Waals surface area contributed by atoms with E-state index >= 15 is 4.39 Å². The van der Waals surface area contributed by atoms with Crippen molar-refractivity contribution in [1.82, 2.24) is 29.3 Å². The molecule has 2 N–H and O–H groups in total. The molecular formula is C35H40FKN6O5. The number of hydrogen-bond acceptors (Lipinski definition) is 8. The van der Waals surface area contributed by atoms with Crippen LogP contribution in [0.4, 0.5) is 4.39 Å². The summed E-state index contributed by atoms with van der Waals surface area (Å²) >= 11 is 0. The Labute approximate surface area is 319 Å². The predicted octanol–water partition coefficient (Wildman–Crippen LogP) is 4.74. The van der Waals surface area contributed by atoms with Crippen molar-refractivity contribution in [2.24, 2.45) is 0 Å². The molecule has 0 saturated heterocycles. The number of nitrogens with one attached hydrogen (secondary N) is 1. The summed E-state index contributed by atoms with van der Waals surface area (Å²) in [5, 5.41) is 19.0. The average molecular weight is 683 g/mol. The van der Waals surface area contributed by atoms with Crippen molar-refractivity contribution in [3.63, 3.8) is 0 Å². The van der Waals surface area contributed by atoms with Crippen LogP contribution in [0.3, 0.4) is 0 Å². The summed E-state index contributed by atoms with van der Waals surface area (Å²) in [6.45, 7) is 3.99. The van der Waals surface area contributed by atoms with Gasteiger partial charge in [-0.15, -0.1) is 0 Å². The number of benzene rings is 2. The van der Waals surface area contributed by atoms with Crippen LogP contribution in [0.5, 0.6) is 0 Å². The van der Waals surface area contributed by atoms with Crippen molar-refractivity contribution in [3.05, 3.63) is 92.3 Å². The van der Waals surface area contributed by atoms with E-state index in [4.69, 9.17) is 4.74 Å². The number of rotatable bonds is 10. The van der Waals surface area contributed by atoms with Crippen LogP contribution in [0.2, 0.25) is 0 Å². The zero-order valence-corrected chi connectivity index (χ0v) is 26.6. The molecule has 248 valence electrons. The molecule has 0 bridgehead atoms. The number of fused-ring (bicyclic) bond motifs is 1. The zero-order chi connectivity index (χ0) is 32.7. The number of aromatic nitrogens is 6. The van der Waals surface area contributed by atoms with Gasteiger partial charge in [-0.25, -0.2) is 13.7 Å². The standard InChI is InChI=1S/C35H39FN6O5.K.H/c1-3-7-30-28(18-23-11-10-22(19-29(23)36)26-8-4-5-9-27(26)31-39-34(44)47-40-31)32(43)41(33-37-20-38-42(30)33)24-12-14-25(15-13-24)46-21(2)35(45)16-6-17-35;;/h4-5,8-11,19-21,24-25,45H,3,6-7,12-18H2,1-2H3,(H,39,40,44);;. The van der Waals surface area contributed by atoms with Crippen LogP contribution in [0.25, 0.3) is 28.3 Å². The molecule has 1 unspecified atom stereocenters. The van der Waals surface area contributed by atoms with Crippen molar-refractivity contribution in [1.29, 1.82) is 0 Å². The van der Waals surface area contributed by atoms with Crippen molar-refractivity contribution >= 4 is 57.2 Å². The summed E-state index contributed by atoms with van der Waals surface area (Å²) < 4.78 is 30.4. The second kappa shape index (κ2) is 14.6. The molecule has 7 rings (SSSR count). The Bertz CT molecular complexity index is 2020. The van der Waals surface area contributed by atoms with Crippen molar-refractivity contribution in [2.75, 3.05) is 0 Å². The first-order valence-electron chi connectivity index (χ1n) is 16.5. The fraction of sp³-hybridized carbons (Fsp3) is 0.457. The molecule has 2 aliphatic carbocycles. The van der Waals surface area contributed by atoms with E-state index in [9.17, 15) is 14.7 Å². The van der Waals surface area contributed by atoms with Gasteiger partial charge < -0.3 is 9.84 Å². The van der Waals surface area contributed by atoms with E-state index in [1.54, 1.807) is 27.3 Å². The van der Waals surface area contributed by atoms with Gasteiger partial charge in [-0.05, 0) is 81.0 Å². The van der Waals surface area contributed by atoms with Gasteiger partial charge in [0, 0.05) is 23.6 Å². The van der Waals surface area contributed by atoms with Crippen LogP contribution in [0.1, 0.15) is 88.1 Å². The molecule has 48 heavy (non-hydrogen) atoms. The topological polar surface area (TPSA) is 141 Å². The first kappa shape index (κ1) is 35.1. The number of hydrogen-bond donors (Lipinski definition) is 2. The first-order chi connectivity index (χ1) is 22.8. The van der Waals surface area contributed by atoms with E-state index in [-0.39, 0.29) is 87.4 Å². The predicted molar refractivity (Wildman–Crippen MR) is 180 cm³/mol. The Balaban J connectivity index is 0.00000401. The second-order valence-electron chi connectivity index (χ2n) is 13.0. The molecule has 2 fully saturated rings. The molecule has 13 heteroatoms. The van der Waals surface area contributed by atoms with Gasteiger partial charge in [-0.2, -0.15) is 10.1 Å². The van der Waals surface area contributed by atoms with Crippen LogP contribution >= 0.6 is 0 Å². The minimum atomic E-state index is -0.723. The van der Waals surface area contributed by atoms with Gasteiger partial charge in [-0.3, -0.25) is 18.9 Å². The van der Waals surface area contributed by atoms with E-state index in [2.05, 4.69) is 24.7 Å². The minimum absolute atomic E-state index is 0. The fourth-order valence-corrected chi connectivity index (χ4v) is 7.21. The van der Waals surface area contributed by atoms with Gasteiger partial charge in [0.1, 0.15) is 12.1 Å². The van der Waals surface area contributed by atoms with E-state index in [0.29, 0.717) is 40.0 Å². The number of aryl methyl sites for hydroxylation is 1. The number of halogens is 1. The fourth-order valence-electron chi connectivity index (χ4n) is 7.21. The van der Waals surface area contributed by atoms with E-state index < -0.39 is 17.2 Å². The Morgan fingerprint density at radius 2 is 1.88 bits per heavy atom. The summed E-state index contributed by atoms with van der Waals surface area (Å²) in [6.07, 6.45) is 8.32. The van der Waals surface area contributed by atoms with E-state index in [1.807, 2.05) is 32.0 Å². The number of nitrogens with zero attached hydrogens (tertiary/aromatic N) is 5. The summed E-state index contributed by atoms with van der Waals surface area (Å²) in [6, 6.07) is 12.1. The van der Waals surface area contributed by atoms with E-state index in [1.165, 1.54) is 12.4 Å². The molecule has 0 spiro atoms. The molecule has 2 aromatic carbocycles. The summed E-state index contributed by atoms with van der Waals surface area (Å²) in [5.41, 5.74) is 2.63. The monoisotopic (exact) mass is 682 g/mol. The molecule has 3 aromatic heterocycles. The summed E-state index contributed by atoms with van der Waals surface area (Å²) in [4.78, 5) is 33.0. The number of ether oxygens (including phenoxy) is 1. The van der Waals surface area contributed by atoms with Crippen LogP contribution in [-0.4, -0.2) is 104 Å². The Hall–Kier alpha value is -2.78. The van der Waals surface area contributed by atoms with E-state index in [0.717, 1.165) is 57.1 Å². The molecule has 11 nitrogen and oxygen atoms in total. The average Bonchev–Trinajstić information content (AvgIpc) is 3.72. The maximum absolute atomic E-state index is 15.9. The molecule has 2 saturated carbocycles. The Morgan fingerprint density at radius 3 is 2.52 bits per heavy atom. The SMILES string of the molecule is CCCc1c(Cc2ccc(-c3ccccc3-c3noc(=O)[nH]3)cc2F)c(=O)n(C2CCC(OC(C)C3(O)CCC3)CC2)c2ncnn12.[KH]. The number of aromatic amines is 1. The van der Waals surface area contributed by atoms with Gasteiger partial charge >= 0.3 is 57.1 Å². The van der Waals surface area contributed by atoms with Gasteiger partial charge in [0.15, 0.2) is 5.82 Å². The third kappa shape index (κ3) is 6.70. The molecule has 5 aromatic rings. The maximum atomic E-state index is 15.9. The van der Waals surface area contributed by atoms with Crippen LogP contribution in [0, 0.1) is 5.82 Å². The third-order valence-corrected chi connectivity index (χ3v) is 10.0. The van der Waals surface area contributed by atoms with Crippen LogP contribution < -0.4 is 11.3 Å².